The average molecular weight is 453 g/mol. The van der Waals surface area contributed by atoms with Crippen molar-refractivity contribution in [3.8, 4) is 11.1 Å². The van der Waals surface area contributed by atoms with Crippen LogP contribution in [0.1, 0.15) is 10.4 Å². The van der Waals surface area contributed by atoms with Crippen molar-refractivity contribution in [3.63, 3.8) is 0 Å². The van der Waals surface area contributed by atoms with Crippen LogP contribution in [0.25, 0.3) is 17.2 Å². The number of rotatable bonds is 6. The highest BCUT2D eigenvalue weighted by Crippen LogP contribution is 2.23. The maximum atomic E-state index is 12.6. The van der Waals surface area contributed by atoms with Crippen molar-refractivity contribution in [2.45, 2.75) is 6.54 Å². The van der Waals surface area contributed by atoms with Crippen molar-refractivity contribution in [2.24, 2.45) is 0 Å². The second-order valence-corrected chi connectivity index (χ2v) is 8.94. The summed E-state index contributed by atoms with van der Waals surface area (Å²) in [6, 6.07) is 15.3. The quantitative estimate of drug-likeness (QED) is 0.574. The summed E-state index contributed by atoms with van der Waals surface area (Å²) < 4.78 is 0.720. The highest BCUT2D eigenvalue weighted by atomic mass is 35.5. The number of aromatic nitrogens is 1. The van der Waals surface area contributed by atoms with Crippen LogP contribution in [0.2, 0.25) is 4.34 Å². The monoisotopic (exact) mass is 452 g/mol. The van der Waals surface area contributed by atoms with Crippen LogP contribution >= 0.6 is 22.9 Å². The Morgan fingerprint density at radius 2 is 1.68 bits per heavy atom. The second kappa shape index (κ2) is 9.32. The van der Waals surface area contributed by atoms with E-state index in [1.165, 1.54) is 11.3 Å². The Kier molecular flexibility index (Phi) is 6.34. The van der Waals surface area contributed by atoms with Gasteiger partial charge in [0.25, 0.3) is 0 Å². The maximum Gasteiger partial charge on any atom is 0.312 e. The van der Waals surface area contributed by atoms with Gasteiger partial charge >= 0.3 is 11.8 Å². The van der Waals surface area contributed by atoms with Crippen LogP contribution in [-0.4, -0.2) is 46.2 Å². The number of hydrogen-bond donors (Lipinski definition) is 1. The van der Waals surface area contributed by atoms with E-state index in [1.807, 2.05) is 54.6 Å². The topological polar surface area (TPSA) is 79.5 Å². The summed E-state index contributed by atoms with van der Waals surface area (Å²) in [7, 11) is 0. The molecule has 1 saturated heterocycles. The molecule has 6 nitrogen and oxygen atoms in total. The number of piperazine rings is 1. The third-order valence-corrected chi connectivity index (χ3v) is 6.24. The lowest BCUT2D eigenvalue weighted by molar-refractivity contribution is -0.156. The SMILES string of the molecule is Nc1ccc(-c2ccc(CN3CCN(C/C=C/c4ccc(Cl)s4)C(=O)C3=O)cc2)cn1. The molecule has 0 aliphatic carbocycles. The Morgan fingerprint density at radius 3 is 2.35 bits per heavy atom. The number of carbonyl (C=O) groups excluding carboxylic acids is 2. The molecule has 1 fully saturated rings. The number of hydrogen-bond acceptors (Lipinski definition) is 5. The van der Waals surface area contributed by atoms with E-state index in [1.54, 1.807) is 22.1 Å². The van der Waals surface area contributed by atoms with Gasteiger partial charge in [0.15, 0.2) is 0 Å². The van der Waals surface area contributed by atoms with Gasteiger partial charge in [0.05, 0.1) is 4.34 Å². The lowest BCUT2D eigenvalue weighted by Gasteiger charge is -2.33. The highest BCUT2D eigenvalue weighted by Gasteiger charge is 2.31. The molecule has 0 atom stereocenters. The predicted molar refractivity (Wildman–Crippen MR) is 124 cm³/mol. The molecule has 1 aliphatic rings. The van der Waals surface area contributed by atoms with Gasteiger partial charge in [-0.2, -0.15) is 0 Å². The summed E-state index contributed by atoms with van der Waals surface area (Å²) in [5.41, 5.74) is 8.59. The number of benzene rings is 1. The Hall–Kier alpha value is -3.16. The lowest BCUT2D eigenvalue weighted by Crippen LogP contribution is -2.53. The third-order valence-electron chi connectivity index (χ3n) is 5.05. The summed E-state index contributed by atoms with van der Waals surface area (Å²) in [5.74, 6) is -0.454. The molecule has 2 aromatic heterocycles. The zero-order chi connectivity index (χ0) is 21.8. The lowest BCUT2D eigenvalue weighted by atomic mass is 10.1. The molecule has 1 aromatic carbocycles. The molecule has 1 aliphatic heterocycles. The molecular formula is C23H21ClN4O2S. The van der Waals surface area contributed by atoms with Crippen molar-refractivity contribution >= 4 is 46.6 Å². The van der Waals surface area contributed by atoms with Crippen LogP contribution in [0.15, 0.2) is 60.8 Å². The number of pyridine rings is 1. The minimum Gasteiger partial charge on any atom is -0.384 e. The molecular weight excluding hydrogens is 432 g/mol. The first-order chi connectivity index (χ1) is 15.0. The van der Waals surface area contributed by atoms with Gasteiger partial charge in [-0.3, -0.25) is 9.59 Å². The second-order valence-electron chi connectivity index (χ2n) is 7.19. The number of halogens is 1. The van der Waals surface area contributed by atoms with E-state index in [-0.39, 0.29) is 0 Å². The number of anilines is 1. The Balaban J connectivity index is 1.34. The van der Waals surface area contributed by atoms with Crippen molar-refractivity contribution in [1.82, 2.24) is 14.8 Å². The molecule has 158 valence electrons. The van der Waals surface area contributed by atoms with Crippen LogP contribution in [-0.2, 0) is 16.1 Å². The summed E-state index contributed by atoms with van der Waals surface area (Å²) >= 11 is 7.39. The van der Waals surface area contributed by atoms with E-state index >= 15 is 0 Å². The molecule has 4 rings (SSSR count). The molecule has 3 aromatic rings. The Bertz CT molecular complexity index is 1110. The van der Waals surface area contributed by atoms with Crippen molar-refractivity contribution in [2.75, 3.05) is 25.4 Å². The molecule has 8 heteroatoms. The Labute approximate surface area is 189 Å². The summed E-state index contributed by atoms with van der Waals surface area (Å²) in [6.07, 6.45) is 5.53. The van der Waals surface area contributed by atoms with Gasteiger partial charge in [-0.05, 0) is 41.5 Å². The highest BCUT2D eigenvalue weighted by molar-refractivity contribution is 7.16. The van der Waals surface area contributed by atoms with Crippen LogP contribution in [0, 0.1) is 0 Å². The number of nitrogens with zero attached hydrogens (tertiary/aromatic N) is 3. The van der Waals surface area contributed by atoms with Crippen LogP contribution in [0.3, 0.4) is 0 Å². The Morgan fingerprint density at radius 1 is 0.968 bits per heavy atom. The molecule has 3 heterocycles. The first-order valence-electron chi connectivity index (χ1n) is 9.80. The number of amides is 2. The van der Waals surface area contributed by atoms with E-state index in [0.29, 0.717) is 32.0 Å². The van der Waals surface area contributed by atoms with Crippen molar-refractivity contribution < 1.29 is 9.59 Å². The largest absolute Gasteiger partial charge is 0.384 e. The minimum atomic E-state index is -0.468. The third kappa shape index (κ3) is 5.13. The van der Waals surface area contributed by atoms with Crippen LogP contribution in [0.4, 0.5) is 5.82 Å². The van der Waals surface area contributed by atoms with E-state index in [2.05, 4.69) is 4.98 Å². The first kappa shape index (κ1) is 21.1. The number of nitrogen functional groups attached to an aromatic ring is 1. The summed E-state index contributed by atoms with van der Waals surface area (Å²) in [4.78, 5) is 33.4. The average Bonchev–Trinajstić information content (AvgIpc) is 3.19. The minimum absolute atomic E-state index is 0.401. The molecule has 2 amide bonds. The standard InChI is InChI=1S/C23H21ClN4O2S/c24-20-9-8-19(31-20)2-1-11-27-12-13-28(23(30)22(27)29)15-16-3-5-17(6-4-16)18-7-10-21(25)26-14-18/h1-10,14H,11-13,15H2,(H2,25,26)/b2-1+. The molecule has 0 radical (unpaired) electrons. The van der Waals surface area contributed by atoms with Crippen LogP contribution < -0.4 is 5.73 Å². The molecule has 2 N–H and O–H groups in total. The first-order valence-corrected chi connectivity index (χ1v) is 11.0. The number of nitrogens with two attached hydrogens (primary N) is 1. The zero-order valence-corrected chi connectivity index (χ0v) is 18.3. The fraction of sp³-hybridized carbons (Fsp3) is 0.174. The van der Waals surface area contributed by atoms with Gasteiger partial charge in [-0.1, -0.05) is 41.9 Å². The summed E-state index contributed by atoms with van der Waals surface area (Å²) in [5, 5.41) is 0. The fourth-order valence-electron chi connectivity index (χ4n) is 3.35. The number of thiophene rings is 1. The molecule has 0 saturated carbocycles. The van der Waals surface area contributed by atoms with E-state index < -0.39 is 11.8 Å². The molecule has 0 unspecified atom stereocenters. The van der Waals surface area contributed by atoms with Crippen molar-refractivity contribution in [3.05, 3.63) is 75.6 Å². The molecule has 0 spiro atoms. The van der Waals surface area contributed by atoms with Gasteiger partial charge in [0, 0.05) is 42.8 Å². The van der Waals surface area contributed by atoms with Gasteiger partial charge < -0.3 is 15.5 Å². The van der Waals surface area contributed by atoms with Crippen molar-refractivity contribution in [1.29, 1.82) is 0 Å². The van der Waals surface area contributed by atoms with E-state index in [0.717, 1.165) is 25.9 Å². The van der Waals surface area contributed by atoms with Gasteiger partial charge in [-0.15, -0.1) is 11.3 Å². The normalized spacial score (nSPS) is 14.6. The maximum absolute atomic E-state index is 12.6. The predicted octanol–water partition coefficient (Wildman–Crippen LogP) is 3.93. The van der Waals surface area contributed by atoms with Gasteiger partial charge in [0.1, 0.15) is 5.82 Å². The van der Waals surface area contributed by atoms with Gasteiger partial charge in [-0.25, -0.2) is 4.98 Å². The fourth-order valence-corrected chi connectivity index (χ4v) is 4.34. The molecule has 31 heavy (non-hydrogen) atoms. The molecule has 0 bridgehead atoms. The van der Waals surface area contributed by atoms with E-state index in [9.17, 15) is 9.59 Å². The zero-order valence-electron chi connectivity index (χ0n) is 16.7. The van der Waals surface area contributed by atoms with Crippen LogP contribution in [0.5, 0.6) is 0 Å². The summed E-state index contributed by atoms with van der Waals surface area (Å²) in [6.45, 7) is 1.82. The van der Waals surface area contributed by atoms with Gasteiger partial charge in [0.2, 0.25) is 0 Å². The number of carbonyl (C=O) groups is 2. The van der Waals surface area contributed by atoms with E-state index in [4.69, 9.17) is 17.3 Å². The smallest absolute Gasteiger partial charge is 0.312 e.